The average molecular weight is 237 g/mol. The maximum atomic E-state index is 13.6. The largest absolute Gasteiger partial charge is 0.308 e. The van der Waals surface area contributed by atoms with Gasteiger partial charge in [0.15, 0.2) is 0 Å². The number of rotatable bonds is 8. The Kier molecular flexibility index (Phi) is 6.87. The molecule has 0 aliphatic heterocycles. The number of hydrogen-bond donors (Lipinski definition) is 1. The monoisotopic (exact) mass is 237 g/mol. The van der Waals surface area contributed by atoms with Gasteiger partial charge in [-0.15, -0.1) is 0 Å². The minimum atomic E-state index is -0.858. The number of benzene rings is 1. The topological polar surface area (TPSA) is 12.0 Å². The van der Waals surface area contributed by atoms with Gasteiger partial charge in [0, 0.05) is 0 Å². The van der Waals surface area contributed by atoms with Crippen LogP contribution in [0.25, 0.3) is 0 Å². The predicted octanol–water partition coefficient (Wildman–Crippen LogP) is 4.26. The number of unbranched alkanes of at least 4 members (excludes halogenated alkanes) is 3. The van der Waals surface area contributed by atoms with Crippen LogP contribution in [0.1, 0.15) is 51.1 Å². The van der Waals surface area contributed by atoms with Gasteiger partial charge in [-0.1, -0.05) is 56.5 Å². The molecule has 1 rings (SSSR count). The highest BCUT2D eigenvalue weighted by molar-refractivity contribution is 5.19. The van der Waals surface area contributed by atoms with E-state index in [4.69, 9.17) is 0 Å². The third kappa shape index (κ3) is 5.31. The number of alkyl halides is 1. The van der Waals surface area contributed by atoms with Crippen molar-refractivity contribution in [3.05, 3.63) is 35.9 Å². The fourth-order valence-corrected chi connectivity index (χ4v) is 2.02. The summed E-state index contributed by atoms with van der Waals surface area (Å²) in [6.45, 7) is 4.72. The number of nitrogens with one attached hydrogen (secondary N) is 1. The Bertz CT molecular complexity index is 284. The van der Waals surface area contributed by atoms with Crippen molar-refractivity contribution in [2.45, 2.75) is 51.7 Å². The van der Waals surface area contributed by atoms with E-state index in [1.165, 1.54) is 19.3 Å². The summed E-state index contributed by atoms with van der Waals surface area (Å²) in [6, 6.07) is 9.69. The van der Waals surface area contributed by atoms with Crippen molar-refractivity contribution in [1.82, 2.24) is 5.32 Å². The molecule has 0 aliphatic rings. The number of halogens is 1. The van der Waals surface area contributed by atoms with Crippen LogP contribution in [0.3, 0.4) is 0 Å². The molecule has 0 saturated heterocycles. The summed E-state index contributed by atoms with van der Waals surface area (Å²) in [7, 11) is 0. The SMILES string of the molecule is CCCCCCN[C@@H](c1ccccc1)[C@H](C)F. The van der Waals surface area contributed by atoms with Gasteiger partial charge >= 0.3 is 0 Å². The standard InChI is InChI=1S/C15H24FN/c1-3-4-5-9-12-17-15(13(2)16)14-10-7-6-8-11-14/h6-8,10-11,13,15,17H,3-5,9,12H2,1-2H3/t13-,15+/m0/s1. The highest BCUT2D eigenvalue weighted by atomic mass is 19.1. The lowest BCUT2D eigenvalue weighted by molar-refractivity contribution is 0.271. The van der Waals surface area contributed by atoms with Gasteiger partial charge in [-0.05, 0) is 25.5 Å². The lowest BCUT2D eigenvalue weighted by Crippen LogP contribution is -2.28. The van der Waals surface area contributed by atoms with Gasteiger partial charge in [0.1, 0.15) is 6.17 Å². The molecule has 0 saturated carbocycles. The molecule has 1 aromatic carbocycles. The molecule has 0 aromatic heterocycles. The Hall–Kier alpha value is -0.890. The lowest BCUT2D eigenvalue weighted by Gasteiger charge is -2.20. The van der Waals surface area contributed by atoms with Crippen LogP contribution in [0, 0.1) is 0 Å². The van der Waals surface area contributed by atoms with Gasteiger partial charge in [0.25, 0.3) is 0 Å². The summed E-state index contributed by atoms with van der Waals surface area (Å²) >= 11 is 0. The third-order valence-corrected chi connectivity index (χ3v) is 3.01. The summed E-state index contributed by atoms with van der Waals surface area (Å²) in [4.78, 5) is 0. The minimum Gasteiger partial charge on any atom is -0.308 e. The Labute approximate surface area is 104 Å². The smallest absolute Gasteiger partial charge is 0.117 e. The van der Waals surface area contributed by atoms with E-state index in [1.807, 2.05) is 30.3 Å². The van der Waals surface area contributed by atoms with Crippen LogP contribution in [0.2, 0.25) is 0 Å². The number of hydrogen-bond acceptors (Lipinski definition) is 1. The minimum absolute atomic E-state index is 0.169. The molecule has 17 heavy (non-hydrogen) atoms. The van der Waals surface area contributed by atoms with Crippen LogP contribution in [0.4, 0.5) is 4.39 Å². The van der Waals surface area contributed by atoms with Gasteiger partial charge in [0.05, 0.1) is 6.04 Å². The zero-order valence-corrected chi connectivity index (χ0v) is 11.0. The van der Waals surface area contributed by atoms with Gasteiger partial charge < -0.3 is 5.32 Å². The maximum Gasteiger partial charge on any atom is 0.117 e. The first kappa shape index (κ1) is 14.2. The van der Waals surface area contributed by atoms with E-state index < -0.39 is 6.17 Å². The normalized spacial score (nSPS) is 14.5. The van der Waals surface area contributed by atoms with Crippen molar-refractivity contribution in [3.63, 3.8) is 0 Å². The molecule has 0 unspecified atom stereocenters. The molecule has 0 fully saturated rings. The molecule has 0 aliphatic carbocycles. The molecule has 0 spiro atoms. The van der Waals surface area contributed by atoms with Crippen LogP contribution < -0.4 is 5.32 Å². The molecule has 2 atom stereocenters. The first-order valence-electron chi connectivity index (χ1n) is 6.68. The molecular formula is C15H24FN. The fourth-order valence-electron chi connectivity index (χ4n) is 2.02. The zero-order valence-electron chi connectivity index (χ0n) is 11.0. The average Bonchev–Trinajstić information content (AvgIpc) is 2.34. The molecule has 0 bridgehead atoms. The van der Waals surface area contributed by atoms with E-state index >= 15 is 0 Å². The van der Waals surface area contributed by atoms with Crippen LogP contribution in [-0.4, -0.2) is 12.7 Å². The Morgan fingerprint density at radius 2 is 1.82 bits per heavy atom. The van der Waals surface area contributed by atoms with Crippen molar-refractivity contribution < 1.29 is 4.39 Å². The first-order valence-corrected chi connectivity index (χ1v) is 6.68. The zero-order chi connectivity index (χ0) is 12.5. The second-order valence-electron chi connectivity index (χ2n) is 4.58. The van der Waals surface area contributed by atoms with Crippen molar-refractivity contribution in [2.24, 2.45) is 0 Å². The molecule has 0 amide bonds. The van der Waals surface area contributed by atoms with Crippen molar-refractivity contribution in [2.75, 3.05) is 6.54 Å². The van der Waals surface area contributed by atoms with E-state index in [2.05, 4.69) is 12.2 Å². The highest BCUT2D eigenvalue weighted by Crippen LogP contribution is 2.18. The van der Waals surface area contributed by atoms with Crippen molar-refractivity contribution >= 4 is 0 Å². The van der Waals surface area contributed by atoms with Crippen LogP contribution in [0.5, 0.6) is 0 Å². The van der Waals surface area contributed by atoms with Crippen LogP contribution in [-0.2, 0) is 0 Å². The van der Waals surface area contributed by atoms with E-state index in [0.29, 0.717) is 0 Å². The van der Waals surface area contributed by atoms with E-state index in [1.54, 1.807) is 6.92 Å². The Morgan fingerprint density at radius 1 is 1.12 bits per heavy atom. The second kappa shape index (κ2) is 8.24. The summed E-state index contributed by atoms with van der Waals surface area (Å²) < 4.78 is 13.6. The van der Waals surface area contributed by atoms with Crippen LogP contribution in [0.15, 0.2) is 30.3 Å². The molecule has 2 heteroatoms. The van der Waals surface area contributed by atoms with E-state index in [-0.39, 0.29) is 6.04 Å². The molecule has 0 radical (unpaired) electrons. The Morgan fingerprint density at radius 3 is 2.41 bits per heavy atom. The van der Waals surface area contributed by atoms with E-state index in [0.717, 1.165) is 18.5 Å². The third-order valence-electron chi connectivity index (χ3n) is 3.01. The summed E-state index contributed by atoms with van der Waals surface area (Å²) in [5.74, 6) is 0. The summed E-state index contributed by atoms with van der Waals surface area (Å²) in [6.07, 6.45) is 4.00. The first-order chi connectivity index (χ1) is 8.25. The summed E-state index contributed by atoms with van der Waals surface area (Å²) in [5.41, 5.74) is 1.04. The molecule has 96 valence electrons. The van der Waals surface area contributed by atoms with Gasteiger partial charge in [-0.3, -0.25) is 0 Å². The second-order valence-corrected chi connectivity index (χ2v) is 4.58. The fraction of sp³-hybridized carbons (Fsp3) is 0.600. The lowest BCUT2D eigenvalue weighted by atomic mass is 10.0. The summed E-state index contributed by atoms with van der Waals surface area (Å²) in [5, 5.41) is 3.32. The predicted molar refractivity (Wildman–Crippen MR) is 71.9 cm³/mol. The van der Waals surface area contributed by atoms with E-state index in [9.17, 15) is 4.39 Å². The Balaban J connectivity index is 2.40. The van der Waals surface area contributed by atoms with Gasteiger partial charge in [-0.25, -0.2) is 4.39 Å². The molecule has 0 heterocycles. The van der Waals surface area contributed by atoms with Gasteiger partial charge in [0.2, 0.25) is 0 Å². The molecule has 1 N–H and O–H groups in total. The molecule has 1 nitrogen and oxygen atoms in total. The maximum absolute atomic E-state index is 13.6. The van der Waals surface area contributed by atoms with Crippen LogP contribution >= 0.6 is 0 Å². The highest BCUT2D eigenvalue weighted by Gasteiger charge is 2.17. The van der Waals surface area contributed by atoms with Crippen molar-refractivity contribution in [3.8, 4) is 0 Å². The molecule has 1 aromatic rings. The van der Waals surface area contributed by atoms with Crippen molar-refractivity contribution in [1.29, 1.82) is 0 Å². The quantitative estimate of drug-likeness (QED) is 0.666. The molecular weight excluding hydrogens is 213 g/mol. The van der Waals surface area contributed by atoms with Gasteiger partial charge in [-0.2, -0.15) is 0 Å².